The monoisotopic (exact) mass is 282 g/mol. The first-order valence-corrected chi connectivity index (χ1v) is 4.88. The van der Waals surface area contributed by atoms with E-state index in [1.165, 1.54) is 5.56 Å². The smallest absolute Gasteiger partial charge is 0.128 e. The van der Waals surface area contributed by atoms with Crippen LogP contribution in [-0.4, -0.2) is 11.0 Å². The molecule has 1 aromatic carbocycles. The molecule has 0 unspecified atom stereocenters. The molecule has 0 atom stereocenters. The largest absolute Gasteiger partial charge is 0.507 e. The molecule has 0 radical (unpaired) electrons. The Balaban J connectivity index is 2.86. The molecule has 1 nitrogen and oxygen atoms in total. The highest BCUT2D eigenvalue weighted by Crippen LogP contribution is 2.20. The van der Waals surface area contributed by atoms with Crippen LogP contribution < -0.4 is 0 Å². The summed E-state index contributed by atoms with van der Waals surface area (Å²) in [5.74, 6) is 0.963. The highest BCUT2D eigenvalue weighted by Gasteiger charge is 1.97. The molecule has 3 heteroatoms. The zero-order valence-corrected chi connectivity index (χ0v) is 8.76. The fourth-order valence-electron chi connectivity index (χ4n) is 0.815. The molecule has 0 spiro atoms. The number of halogens is 2. The summed E-state index contributed by atoms with van der Waals surface area (Å²) in [6.45, 7) is 0. The van der Waals surface area contributed by atoms with E-state index in [-0.39, 0.29) is 0 Å². The van der Waals surface area contributed by atoms with Gasteiger partial charge < -0.3 is 5.11 Å². The highest BCUT2D eigenvalue weighted by molar-refractivity contribution is 14.1. The number of benzene rings is 1. The molecule has 11 heavy (non-hydrogen) atoms. The molecular weight excluding hydrogens is 274 g/mol. The van der Waals surface area contributed by atoms with Gasteiger partial charge in [-0.25, -0.2) is 0 Å². The number of phenolic OH excluding ortho intramolecular Hbond substituents is 1. The van der Waals surface area contributed by atoms with Crippen LogP contribution in [0.4, 0.5) is 0 Å². The first-order valence-electron chi connectivity index (χ1n) is 3.27. The van der Waals surface area contributed by atoms with Crippen LogP contribution in [-0.2, 0) is 6.42 Å². The molecule has 1 N–H and O–H groups in total. The molecule has 0 aliphatic carbocycles. The number of hydrogen-bond donors (Lipinski definition) is 1. The second-order valence-electron chi connectivity index (χ2n) is 2.22. The minimum atomic E-state index is 0.337. The van der Waals surface area contributed by atoms with Gasteiger partial charge in [0.2, 0.25) is 0 Å². The van der Waals surface area contributed by atoms with Gasteiger partial charge in [0.15, 0.2) is 0 Å². The highest BCUT2D eigenvalue weighted by atomic mass is 127. The first kappa shape index (κ1) is 9.13. The lowest BCUT2D eigenvalue weighted by Crippen LogP contribution is -1.86. The van der Waals surface area contributed by atoms with Crippen molar-refractivity contribution in [3.8, 4) is 5.75 Å². The Hall–Kier alpha value is 0.0400. The summed E-state index contributed by atoms with van der Waals surface area (Å²) in [6, 6.07) is 5.53. The van der Waals surface area contributed by atoms with E-state index in [0.29, 0.717) is 11.6 Å². The number of aromatic hydroxyl groups is 1. The SMILES string of the molecule is Oc1ccc(CCCl)cc1I. The number of aryl methyl sites for hydroxylation is 1. The summed E-state index contributed by atoms with van der Waals surface area (Å²) in [4.78, 5) is 0. The molecule has 0 saturated heterocycles. The molecule has 0 aromatic heterocycles. The Morgan fingerprint density at radius 1 is 1.45 bits per heavy atom. The Morgan fingerprint density at radius 2 is 2.18 bits per heavy atom. The maximum Gasteiger partial charge on any atom is 0.128 e. The van der Waals surface area contributed by atoms with Crippen molar-refractivity contribution < 1.29 is 5.11 Å². The maximum atomic E-state index is 9.17. The van der Waals surface area contributed by atoms with Crippen LogP contribution in [0.5, 0.6) is 5.75 Å². The van der Waals surface area contributed by atoms with Crippen molar-refractivity contribution in [2.75, 3.05) is 5.88 Å². The Kier molecular flexibility index (Phi) is 3.45. The van der Waals surface area contributed by atoms with E-state index in [1.54, 1.807) is 6.07 Å². The van der Waals surface area contributed by atoms with E-state index in [0.717, 1.165) is 9.99 Å². The fourth-order valence-corrected chi connectivity index (χ4v) is 1.61. The predicted octanol–water partition coefficient (Wildman–Crippen LogP) is 2.78. The average Bonchev–Trinajstić information content (AvgIpc) is 1.98. The van der Waals surface area contributed by atoms with E-state index in [2.05, 4.69) is 22.6 Å². The number of phenols is 1. The summed E-state index contributed by atoms with van der Waals surface area (Å²) in [5, 5.41) is 9.17. The third kappa shape index (κ3) is 2.52. The van der Waals surface area contributed by atoms with Crippen LogP contribution in [0.25, 0.3) is 0 Å². The normalized spacial score (nSPS) is 10.0. The van der Waals surface area contributed by atoms with Crippen LogP contribution >= 0.6 is 34.2 Å². The number of alkyl halides is 1. The van der Waals surface area contributed by atoms with Gasteiger partial charge in [0.1, 0.15) is 5.75 Å². The van der Waals surface area contributed by atoms with E-state index in [4.69, 9.17) is 11.6 Å². The van der Waals surface area contributed by atoms with Crippen molar-refractivity contribution in [1.29, 1.82) is 0 Å². The van der Waals surface area contributed by atoms with E-state index >= 15 is 0 Å². The molecule has 60 valence electrons. The molecule has 0 saturated carbocycles. The lowest BCUT2D eigenvalue weighted by atomic mass is 10.2. The van der Waals surface area contributed by atoms with Gasteiger partial charge in [-0.05, 0) is 46.7 Å². The molecule has 0 heterocycles. The van der Waals surface area contributed by atoms with Crippen molar-refractivity contribution in [2.24, 2.45) is 0 Å². The van der Waals surface area contributed by atoms with Crippen LogP contribution in [0.1, 0.15) is 5.56 Å². The quantitative estimate of drug-likeness (QED) is 0.653. The predicted molar refractivity (Wildman–Crippen MR) is 55.2 cm³/mol. The number of rotatable bonds is 2. The molecule has 0 aliphatic heterocycles. The molecular formula is C8H8ClIO. The standard InChI is InChI=1S/C8H8ClIO/c9-4-3-6-1-2-8(11)7(10)5-6/h1-2,5,11H,3-4H2. The van der Waals surface area contributed by atoms with Gasteiger partial charge in [-0.3, -0.25) is 0 Å². The average molecular weight is 283 g/mol. The van der Waals surface area contributed by atoms with Crippen LogP contribution in [0, 0.1) is 3.57 Å². The fraction of sp³-hybridized carbons (Fsp3) is 0.250. The lowest BCUT2D eigenvalue weighted by molar-refractivity contribution is 0.471. The van der Waals surface area contributed by atoms with Gasteiger partial charge >= 0.3 is 0 Å². The van der Waals surface area contributed by atoms with Crippen LogP contribution in [0.15, 0.2) is 18.2 Å². The Bertz CT molecular complexity index is 250. The van der Waals surface area contributed by atoms with Crippen molar-refractivity contribution in [2.45, 2.75) is 6.42 Å². The summed E-state index contributed by atoms with van der Waals surface area (Å²) < 4.78 is 0.880. The first-order chi connectivity index (χ1) is 5.24. The van der Waals surface area contributed by atoms with Gasteiger partial charge in [0.25, 0.3) is 0 Å². The van der Waals surface area contributed by atoms with Crippen LogP contribution in [0.3, 0.4) is 0 Å². The molecule has 0 bridgehead atoms. The summed E-state index contributed by atoms with van der Waals surface area (Å²) in [5.41, 5.74) is 1.17. The second-order valence-corrected chi connectivity index (χ2v) is 3.76. The van der Waals surface area contributed by atoms with Crippen molar-refractivity contribution >= 4 is 34.2 Å². The van der Waals surface area contributed by atoms with E-state index < -0.39 is 0 Å². The van der Waals surface area contributed by atoms with Crippen LogP contribution in [0.2, 0.25) is 0 Å². The van der Waals surface area contributed by atoms with Crippen molar-refractivity contribution in [1.82, 2.24) is 0 Å². The van der Waals surface area contributed by atoms with Crippen molar-refractivity contribution in [3.05, 3.63) is 27.3 Å². The van der Waals surface area contributed by atoms with E-state index in [1.807, 2.05) is 12.1 Å². The third-order valence-corrected chi connectivity index (χ3v) is 2.45. The zero-order valence-electron chi connectivity index (χ0n) is 5.85. The molecule has 0 aliphatic rings. The van der Waals surface area contributed by atoms with Crippen molar-refractivity contribution in [3.63, 3.8) is 0 Å². The second kappa shape index (κ2) is 4.16. The summed E-state index contributed by atoms with van der Waals surface area (Å²) >= 11 is 7.66. The van der Waals surface area contributed by atoms with Gasteiger partial charge in [0.05, 0.1) is 3.57 Å². The molecule has 0 amide bonds. The van der Waals surface area contributed by atoms with Gasteiger partial charge in [-0.1, -0.05) is 6.07 Å². The topological polar surface area (TPSA) is 20.2 Å². The van der Waals surface area contributed by atoms with E-state index in [9.17, 15) is 5.11 Å². The Morgan fingerprint density at radius 3 is 2.73 bits per heavy atom. The minimum Gasteiger partial charge on any atom is -0.507 e. The van der Waals surface area contributed by atoms with Gasteiger partial charge in [-0.15, -0.1) is 11.6 Å². The van der Waals surface area contributed by atoms with Gasteiger partial charge in [-0.2, -0.15) is 0 Å². The van der Waals surface area contributed by atoms with Gasteiger partial charge in [0, 0.05) is 5.88 Å². The minimum absolute atomic E-state index is 0.337. The molecule has 1 aromatic rings. The molecule has 0 fully saturated rings. The lowest BCUT2D eigenvalue weighted by Gasteiger charge is -2.00. The third-order valence-electron chi connectivity index (χ3n) is 1.40. The summed E-state index contributed by atoms with van der Waals surface area (Å²) in [7, 11) is 0. The Labute approximate surface area is 84.5 Å². The summed E-state index contributed by atoms with van der Waals surface area (Å²) in [6.07, 6.45) is 0.859. The number of hydrogen-bond acceptors (Lipinski definition) is 1. The molecule has 1 rings (SSSR count). The maximum absolute atomic E-state index is 9.17. The zero-order chi connectivity index (χ0) is 8.27.